The zero-order chi connectivity index (χ0) is 13.1. The van der Waals surface area contributed by atoms with Gasteiger partial charge in [0.15, 0.2) is 0 Å². The molecule has 5 atom stereocenters. The van der Waals surface area contributed by atoms with Crippen molar-refractivity contribution in [1.29, 1.82) is 0 Å². The minimum atomic E-state index is -0.316. The summed E-state index contributed by atoms with van der Waals surface area (Å²) in [5.41, 5.74) is -0.156. The molecule has 0 heterocycles. The molecule has 3 saturated carbocycles. The Kier molecular flexibility index (Phi) is 2.43. The first-order valence-corrected chi connectivity index (χ1v) is 6.99. The number of hydrogen-bond donors (Lipinski definition) is 0. The van der Waals surface area contributed by atoms with Gasteiger partial charge in [0.05, 0.1) is 12.5 Å². The summed E-state index contributed by atoms with van der Waals surface area (Å²) >= 11 is 0. The van der Waals surface area contributed by atoms with Gasteiger partial charge in [0, 0.05) is 12.8 Å². The number of carbonyl (C=O) groups is 2. The minimum Gasteiger partial charge on any atom is -0.469 e. The van der Waals surface area contributed by atoms with Crippen molar-refractivity contribution in [2.45, 2.75) is 46.0 Å². The van der Waals surface area contributed by atoms with E-state index < -0.39 is 0 Å². The van der Waals surface area contributed by atoms with E-state index in [1.165, 1.54) is 7.11 Å². The summed E-state index contributed by atoms with van der Waals surface area (Å²) in [5.74, 6) is 2.09. The zero-order valence-electron chi connectivity index (χ0n) is 11.5. The minimum absolute atomic E-state index is 0.0682. The van der Waals surface area contributed by atoms with E-state index in [1.54, 1.807) is 0 Å². The number of ketones is 1. The summed E-state index contributed by atoms with van der Waals surface area (Å²) in [4.78, 5) is 23.6. The van der Waals surface area contributed by atoms with Crippen molar-refractivity contribution in [3.63, 3.8) is 0 Å². The van der Waals surface area contributed by atoms with Crippen molar-refractivity contribution >= 4 is 11.8 Å². The molecule has 0 unspecified atom stereocenters. The molecule has 0 spiro atoms. The molecular formula is C15H22O3. The molecule has 0 saturated heterocycles. The zero-order valence-corrected chi connectivity index (χ0v) is 11.5. The number of Topliss-reactive ketones (excluding diaryl/α,β-unsaturated/α-hetero) is 1. The molecule has 3 rings (SSSR count). The highest BCUT2D eigenvalue weighted by molar-refractivity contribution is 5.82. The Morgan fingerprint density at radius 2 is 2.06 bits per heavy atom. The number of esters is 1. The van der Waals surface area contributed by atoms with Crippen LogP contribution in [0.4, 0.5) is 0 Å². The van der Waals surface area contributed by atoms with E-state index in [2.05, 4.69) is 6.92 Å². The van der Waals surface area contributed by atoms with Crippen molar-refractivity contribution in [3.05, 3.63) is 0 Å². The van der Waals surface area contributed by atoms with E-state index in [0.29, 0.717) is 23.5 Å². The second kappa shape index (κ2) is 3.58. The molecule has 0 N–H and O–H groups in total. The number of fused-ring (bicyclic) bond motifs is 3. The molecule has 3 heteroatoms. The van der Waals surface area contributed by atoms with Crippen molar-refractivity contribution in [2.75, 3.05) is 7.11 Å². The maximum absolute atomic E-state index is 11.9. The third-order valence-electron chi connectivity index (χ3n) is 6.05. The second-order valence-electron chi connectivity index (χ2n) is 7.19. The van der Waals surface area contributed by atoms with Gasteiger partial charge in [-0.1, -0.05) is 6.92 Å². The molecule has 0 amide bonds. The van der Waals surface area contributed by atoms with Gasteiger partial charge in [-0.25, -0.2) is 0 Å². The van der Waals surface area contributed by atoms with Gasteiger partial charge in [0.1, 0.15) is 5.78 Å². The number of hydrogen-bond acceptors (Lipinski definition) is 3. The highest BCUT2D eigenvalue weighted by Crippen LogP contribution is 2.66. The van der Waals surface area contributed by atoms with Crippen LogP contribution in [0.3, 0.4) is 0 Å². The van der Waals surface area contributed by atoms with Gasteiger partial charge in [-0.05, 0) is 49.4 Å². The predicted octanol–water partition coefficient (Wildman–Crippen LogP) is 2.58. The van der Waals surface area contributed by atoms with E-state index >= 15 is 0 Å². The Hall–Kier alpha value is -0.860. The van der Waals surface area contributed by atoms with Gasteiger partial charge in [-0.3, -0.25) is 9.59 Å². The summed E-state index contributed by atoms with van der Waals surface area (Å²) in [7, 11) is 1.48. The fraction of sp³-hybridized carbons (Fsp3) is 0.867. The lowest BCUT2D eigenvalue weighted by Crippen LogP contribution is -2.30. The molecule has 100 valence electrons. The molecule has 0 aliphatic heterocycles. The molecule has 3 aliphatic carbocycles. The average molecular weight is 250 g/mol. The molecule has 0 aromatic heterocycles. The quantitative estimate of drug-likeness (QED) is 0.672. The Morgan fingerprint density at radius 3 is 2.72 bits per heavy atom. The molecule has 0 aromatic carbocycles. The first-order chi connectivity index (χ1) is 8.39. The fourth-order valence-corrected chi connectivity index (χ4v) is 5.19. The van der Waals surface area contributed by atoms with Gasteiger partial charge in [-0.15, -0.1) is 0 Å². The largest absolute Gasteiger partial charge is 0.469 e. The Balaban J connectivity index is 1.85. The van der Waals surface area contributed by atoms with E-state index in [-0.39, 0.29) is 16.8 Å². The van der Waals surface area contributed by atoms with Crippen LogP contribution < -0.4 is 0 Å². The summed E-state index contributed by atoms with van der Waals surface area (Å²) in [6.07, 6.45) is 4.50. The van der Waals surface area contributed by atoms with Crippen LogP contribution in [0.5, 0.6) is 0 Å². The molecule has 3 fully saturated rings. The van der Waals surface area contributed by atoms with Gasteiger partial charge in [0.2, 0.25) is 0 Å². The summed E-state index contributed by atoms with van der Waals surface area (Å²) < 4.78 is 4.96. The van der Waals surface area contributed by atoms with E-state index in [0.717, 1.165) is 32.1 Å². The maximum Gasteiger partial charge on any atom is 0.311 e. The van der Waals surface area contributed by atoms with Gasteiger partial charge in [-0.2, -0.15) is 0 Å². The van der Waals surface area contributed by atoms with Gasteiger partial charge >= 0.3 is 5.97 Å². The molecule has 18 heavy (non-hydrogen) atoms. The Labute approximate surface area is 108 Å². The number of methoxy groups -OCH3 is 1. The average Bonchev–Trinajstić information content (AvgIpc) is 2.84. The lowest BCUT2D eigenvalue weighted by atomic mass is 9.72. The van der Waals surface area contributed by atoms with Crippen LogP contribution >= 0.6 is 0 Å². The van der Waals surface area contributed by atoms with Crippen LogP contribution in [0.2, 0.25) is 0 Å². The van der Waals surface area contributed by atoms with E-state index in [4.69, 9.17) is 4.74 Å². The normalized spacial score (nSPS) is 50.2. The second-order valence-corrected chi connectivity index (χ2v) is 7.19. The van der Waals surface area contributed by atoms with Crippen molar-refractivity contribution in [1.82, 2.24) is 0 Å². The lowest BCUT2D eigenvalue weighted by Gasteiger charge is -2.32. The van der Waals surface area contributed by atoms with Gasteiger partial charge in [0.25, 0.3) is 0 Å². The lowest BCUT2D eigenvalue weighted by molar-refractivity contribution is -0.152. The predicted molar refractivity (Wildman–Crippen MR) is 66.8 cm³/mol. The van der Waals surface area contributed by atoms with Crippen LogP contribution in [-0.4, -0.2) is 18.9 Å². The SMILES string of the molecule is COC(=O)[C@@]1(C)C[C@@H]2C[C@H]3CC(=O)C[C@@]3(C)[C@@H]2C1. The Morgan fingerprint density at radius 1 is 1.33 bits per heavy atom. The molecule has 0 bridgehead atoms. The van der Waals surface area contributed by atoms with E-state index in [1.807, 2.05) is 6.92 Å². The van der Waals surface area contributed by atoms with Gasteiger partial charge < -0.3 is 4.74 Å². The van der Waals surface area contributed by atoms with Crippen LogP contribution in [0.15, 0.2) is 0 Å². The summed E-state index contributed by atoms with van der Waals surface area (Å²) in [6, 6.07) is 0. The van der Waals surface area contributed by atoms with Crippen LogP contribution in [0.25, 0.3) is 0 Å². The van der Waals surface area contributed by atoms with Crippen LogP contribution in [0.1, 0.15) is 46.0 Å². The summed E-state index contributed by atoms with van der Waals surface area (Å²) in [5, 5.41) is 0. The third kappa shape index (κ3) is 1.42. The molecule has 3 aliphatic rings. The highest BCUT2D eigenvalue weighted by Gasteiger charge is 2.62. The molecule has 0 radical (unpaired) electrons. The standard InChI is InChI=1S/C15H22O3/c1-14(13(17)18-3)6-9-4-10-5-11(16)7-15(10,2)12(9)8-14/h9-10,12H,4-8H2,1-3H3/t9-,10-,12+,14-,15+/m0/s1. The third-order valence-corrected chi connectivity index (χ3v) is 6.05. The molecular weight excluding hydrogens is 228 g/mol. The maximum atomic E-state index is 11.9. The topological polar surface area (TPSA) is 43.4 Å². The first kappa shape index (κ1) is 12.2. The number of ether oxygens (including phenoxy) is 1. The van der Waals surface area contributed by atoms with Crippen LogP contribution in [0, 0.1) is 28.6 Å². The number of carbonyl (C=O) groups excluding carboxylic acids is 2. The van der Waals surface area contributed by atoms with Crippen molar-refractivity contribution in [2.24, 2.45) is 28.6 Å². The summed E-state index contributed by atoms with van der Waals surface area (Å²) in [6.45, 7) is 4.31. The van der Waals surface area contributed by atoms with Crippen molar-refractivity contribution in [3.8, 4) is 0 Å². The smallest absolute Gasteiger partial charge is 0.311 e. The first-order valence-electron chi connectivity index (χ1n) is 6.99. The highest BCUT2D eigenvalue weighted by atomic mass is 16.5. The Bertz CT molecular complexity index is 416. The molecule has 0 aromatic rings. The number of rotatable bonds is 1. The monoisotopic (exact) mass is 250 g/mol. The van der Waals surface area contributed by atoms with E-state index in [9.17, 15) is 9.59 Å². The van der Waals surface area contributed by atoms with Crippen molar-refractivity contribution < 1.29 is 14.3 Å². The fourth-order valence-electron chi connectivity index (χ4n) is 5.19. The van der Waals surface area contributed by atoms with Crippen LogP contribution in [-0.2, 0) is 14.3 Å². The molecule has 3 nitrogen and oxygen atoms in total.